The summed E-state index contributed by atoms with van der Waals surface area (Å²) in [7, 11) is 0. The molecule has 1 aromatic rings. The van der Waals surface area contributed by atoms with E-state index in [1.165, 1.54) is 0 Å². The number of fused-ring (bicyclic) bond motifs is 1. The highest BCUT2D eigenvalue weighted by Crippen LogP contribution is 2.27. The van der Waals surface area contributed by atoms with Gasteiger partial charge in [-0.05, 0) is 29.9 Å². The minimum atomic E-state index is -1.05. The minimum Gasteiger partial charge on any atom is -0.480 e. The molecule has 0 spiro atoms. The van der Waals surface area contributed by atoms with Gasteiger partial charge in [0.1, 0.15) is 12.1 Å². The fraction of sp³-hybridized carbons (Fsp3) is 0.550. The van der Waals surface area contributed by atoms with Crippen LogP contribution in [0, 0.1) is 11.8 Å². The maximum atomic E-state index is 12.9. The standard InChI is InChI=1S/C20H28N2O4/c1-5-13(4)17(20(25)26)21-18(23)16(10-12(2)3)22-11-14-8-6-7-9-15(14)19(22)24/h6-9,12-13,16-17H,5,10-11H2,1-4H3,(H,21,23)(H,25,26)/t13-,16-,17-/m0/s1. The third-order valence-corrected chi connectivity index (χ3v) is 5.00. The maximum Gasteiger partial charge on any atom is 0.326 e. The van der Waals surface area contributed by atoms with E-state index in [4.69, 9.17) is 0 Å². The summed E-state index contributed by atoms with van der Waals surface area (Å²) < 4.78 is 0. The van der Waals surface area contributed by atoms with E-state index in [1.807, 2.05) is 32.9 Å². The van der Waals surface area contributed by atoms with Gasteiger partial charge < -0.3 is 15.3 Å². The summed E-state index contributed by atoms with van der Waals surface area (Å²) >= 11 is 0. The Kier molecular flexibility index (Phi) is 6.40. The zero-order valence-corrected chi connectivity index (χ0v) is 15.9. The zero-order chi connectivity index (χ0) is 19.4. The molecule has 0 aromatic heterocycles. The number of rotatable bonds is 8. The summed E-state index contributed by atoms with van der Waals surface area (Å²) in [5.41, 5.74) is 1.52. The fourth-order valence-electron chi connectivity index (χ4n) is 3.28. The largest absolute Gasteiger partial charge is 0.480 e. The van der Waals surface area contributed by atoms with Crippen molar-refractivity contribution in [2.24, 2.45) is 11.8 Å². The molecule has 142 valence electrons. The zero-order valence-electron chi connectivity index (χ0n) is 15.9. The van der Waals surface area contributed by atoms with Gasteiger partial charge in [0, 0.05) is 12.1 Å². The number of nitrogens with one attached hydrogen (secondary N) is 1. The first kappa shape index (κ1) is 19.9. The molecule has 1 aliphatic heterocycles. The van der Waals surface area contributed by atoms with Crippen LogP contribution in [0.15, 0.2) is 24.3 Å². The summed E-state index contributed by atoms with van der Waals surface area (Å²) in [5, 5.41) is 12.1. The van der Waals surface area contributed by atoms with E-state index in [9.17, 15) is 19.5 Å². The molecule has 0 saturated heterocycles. The fourth-order valence-corrected chi connectivity index (χ4v) is 3.28. The molecule has 6 nitrogen and oxygen atoms in total. The lowest BCUT2D eigenvalue weighted by Gasteiger charge is -2.30. The molecular weight excluding hydrogens is 332 g/mol. The van der Waals surface area contributed by atoms with Crippen LogP contribution in [-0.2, 0) is 16.1 Å². The SMILES string of the molecule is CC[C@H](C)[C@H](NC(=O)[C@H](CC(C)C)N1Cc2ccccc2C1=O)C(=O)O. The molecule has 0 fully saturated rings. The Balaban J connectivity index is 2.24. The quantitative estimate of drug-likeness (QED) is 0.746. The Morgan fingerprint density at radius 1 is 1.23 bits per heavy atom. The van der Waals surface area contributed by atoms with Crippen molar-refractivity contribution in [3.63, 3.8) is 0 Å². The van der Waals surface area contributed by atoms with Crippen LogP contribution in [0.4, 0.5) is 0 Å². The molecule has 0 saturated carbocycles. The number of aliphatic carboxylic acids is 1. The van der Waals surface area contributed by atoms with Crippen molar-refractivity contribution in [2.75, 3.05) is 0 Å². The Morgan fingerprint density at radius 3 is 2.42 bits per heavy atom. The molecule has 2 rings (SSSR count). The van der Waals surface area contributed by atoms with Gasteiger partial charge in [-0.3, -0.25) is 9.59 Å². The molecule has 1 aliphatic rings. The molecule has 2 amide bonds. The minimum absolute atomic E-state index is 0.170. The highest BCUT2D eigenvalue weighted by atomic mass is 16.4. The summed E-state index contributed by atoms with van der Waals surface area (Å²) in [6.45, 7) is 8.03. The molecule has 1 heterocycles. The van der Waals surface area contributed by atoms with Crippen LogP contribution in [0.3, 0.4) is 0 Å². The predicted molar refractivity (Wildman–Crippen MR) is 98.6 cm³/mol. The van der Waals surface area contributed by atoms with E-state index in [1.54, 1.807) is 24.0 Å². The van der Waals surface area contributed by atoms with Gasteiger partial charge in [0.2, 0.25) is 5.91 Å². The van der Waals surface area contributed by atoms with Crippen LogP contribution in [0.2, 0.25) is 0 Å². The second-order valence-electron chi connectivity index (χ2n) is 7.45. The molecule has 6 heteroatoms. The molecule has 3 atom stereocenters. The van der Waals surface area contributed by atoms with Crippen molar-refractivity contribution in [2.45, 2.75) is 59.2 Å². The highest BCUT2D eigenvalue weighted by Gasteiger charge is 2.38. The highest BCUT2D eigenvalue weighted by molar-refractivity contribution is 6.01. The van der Waals surface area contributed by atoms with Crippen molar-refractivity contribution in [1.29, 1.82) is 0 Å². The van der Waals surface area contributed by atoms with Crippen molar-refractivity contribution in [3.8, 4) is 0 Å². The molecule has 0 unspecified atom stereocenters. The summed E-state index contributed by atoms with van der Waals surface area (Å²) in [4.78, 5) is 38.8. The number of carboxylic acids is 1. The van der Waals surface area contributed by atoms with Gasteiger partial charge in [-0.2, -0.15) is 0 Å². The molecule has 0 radical (unpaired) electrons. The van der Waals surface area contributed by atoms with Crippen molar-refractivity contribution in [1.82, 2.24) is 10.2 Å². The number of amides is 2. The average Bonchev–Trinajstić information content (AvgIpc) is 2.93. The van der Waals surface area contributed by atoms with E-state index in [0.717, 1.165) is 5.56 Å². The van der Waals surface area contributed by atoms with Gasteiger partial charge in [0.25, 0.3) is 5.91 Å². The molecule has 0 bridgehead atoms. The smallest absolute Gasteiger partial charge is 0.326 e. The van der Waals surface area contributed by atoms with Crippen molar-refractivity contribution in [3.05, 3.63) is 35.4 Å². The number of nitrogens with zero attached hydrogens (tertiary/aromatic N) is 1. The first-order valence-electron chi connectivity index (χ1n) is 9.18. The number of carbonyl (C=O) groups excluding carboxylic acids is 2. The number of hydrogen-bond acceptors (Lipinski definition) is 3. The van der Waals surface area contributed by atoms with Gasteiger partial charge in [-0.25, -0.2) is 4.79 Å². The van der Waals surface area contributed by atoms with Crippen LogP contribution in [0.25, 0.3) is 0 Å². The Bertz CT molecular complexity index is 686. The van der Waals surface area contributed by atoms with Gasteiger partial charge in [-0.15, -0.1) is 0 Å². The topological polar surface area (TPSA) is 86.7 Å². The molecule has 26 heavy (non-hydrogen) atoms. The Labute approximate surface area is 154 Å². The van der Waals surface area contributed by atoms with E-state index in [0.29, 0.717) is 24.9 Å². The second-order valence-corrected chi connectivity index (χ2v) is 7.45. The lowest BCUT2D eigenvalue weighted by atomic mass is 9.97. The second kappa shape index (κ2) is 8.34. The molecule has 2 N–H and O–H groups in total. The van der Waals surface area contributed by atoms with Crippen molar-refractivity contribution >= 4 is 17.8 Å². The first-order valence-corrected chi connectivity index (χ1v) is 9.18. The van der Waals surface area contributed by atoms with E-state index >= 15 is 0 Å². The number of carbonyl (C=O) groups is 3. The summed E-state index contributed by atoms with van der Waals surface area (Å²) in [5.74, 6) is -1.62. The van der Waals surface area contributed by atoms with Gasteiger partial charge in [0.15, 0.2) is 0 Å². The van der Waals surface area contributed by atoms with E-state index < -0.39 is 24.0 Å². The lowest BCUT2D eigenvalue weighted by molar-refractivity contribution is -0.144. The van der Waals surface area contributed by atoms with Crippen LogP contribution in [0.1, 0.15) is 56.5 Å². The van der Waals surface area contributed by atoms with Crippen LogP contribution in [0.5, 0.6) is 0 Å². The van der Waals surface area contributed by atoms with Crippen molar-refractivity contribution < 1.29 is 19.5 Å². The van der Waals surface area contributed by atoms with Gasteiger partial charge >= 0.3 is 5.97 Å². The monoisotopic (exact) mass is 360 g/mol. The number of hydrogen-bond donors (Lipinski definition) is 2. The Morgan fingerprint density at radius 2 is 1.88 bits per heavy atom. The normalized spacial score (nSPS) is 17.0. The Hall–Kier alpha value is -2.37. The molecule has 1 aromatic carbocycles. The maximum absolute atomic E-state index is 12.9. The van der Waals surface area contributed by atoms with Crippen LogP contribution >= 0.6 is 0 Å². The average molecular weight is 360 g/mol. The van der Waals surface area contributed by atoms with Gasteiger partial charge in [0.05, 0.1) is 0 Å². The summed E-state index contributed by atoms with van der Waals surface area (Å²) in [6, 6.07) is 5.69. The molecular formula is C20H28N2O4. The third kappa shape index (κ3) is 4.23. The van der Waals surface area contributed by atoms with Crippen LogP contribution < -0.4 is 5.32 Å². The van der Waals surface area contributed by atoms with Crippen LogP contribution in [-0.4, -0.2) is 39.9 Å². The number of carboxylic acid groups (broad SMARTS) is 1. The van der Waals surface area contributed by atoms with Gasteiger partial charge in [-0.1, -0.05) is 52.3 Å². The first-order chi connectivity index (χ1) is 12.3. The third-order valence-electron chi connectivity index (χ3n) is 5.00. The van der Waals surface area contributed by atoms with E-state index in [2.05, 4.69) is 5.32 Å². The number of benzene rings is 1. The lowest BCUT2D eigenvalue weighted by Crippen LogP contribution is -2.53. The summed E-state index contributed by atoms with van der Waals surface area (Å²) in [6.07, 6.45) is 1.12. The predicted octanol–water partition coefficient (Wildman–Crippen LogP) is 2.67. The van der Waals surface area contributed by atoms with E-state index in [-0.39, 0.29) is 17.7 Å². The molecule has 0 aliphatic carbocycles.